The van der Waals surface area contributed by atoms with Crippen molar-refractivity contribution in [2.75, 3.05) is 5.32 Å². The Kier molecular flexibility index (Phi) is 6.08. The minimum Gasteiger partial charge on any atom is -0.491 e. The second kappa shape index (κ2) is 9.10. The molecule has 1 N–H and O–H groups in total. The van der Waals surface area contributed by atoms with E-state index in [4.69, 9.17) is 4.74 Å². The van der Waals surface area contributed by atoms with E-state index in [0.29, 0.717) is 11.1 Å². The van der Waals surface area contributed by atoms with Gasteiger partial charge in [0.15, 0.2) is 0 Å². The quantitative estimate of drug-likeness (QED) is 0.529. The van der Waals surface area contributed by atoms with Crippen molar-refractivity contribution in [3.63, 3.8) is 0 Å². The lowest BCUT2D eigenvalue weighted by Gasteiger charge is -2.15. The number of anilines is 1. The van der Waals surface area contributed by atoms with E-state index < -0.39 is 0 Å². The minimum atomic E-state index is -0.336. The summed E-state index contributed by atoms with van der Waals surface area (Å²) in [5.41, 5.74) is 4.09. The van der Waals surface area contributed by atoms with Crippen molar-refractivity contribution >= 4 is 23.1 Å². The van der Waals surface area contributed by atoms with Crippen molar-refractivity contribution in [1.82, 2.24) is 4.90 Å². The van der Waals surface area contributed by atoms with Gasteiger partial charge in [0.2, 0.25) is 0 Å². The predicted octanol–water partition coefficient (Wildman–Crippen LogP) is 5.17. The lowest BCUT2D eigenvalue weighted by Crippen LogP contribution is -2.32. The van der Waals surface area contributed by atoms with Gasteiger partial charge in [-0.1, -0.05) is 60.2 Å². The van der Waals surface area contributed by atoms with Crippen molar-refractivity contribution in [2.45, 2.75) is 33.4 Å². The molecule has 3 aromatic rings. The van der Waals surface area contributed by atoms with E-state index in [1.165, 1.54) is 4.90 Å². The van der Waals surface area contributed by atoms with Crippen LogP contribution in [0.3, 0.4) is 0 Å². The summed E-state index contributed by atoms with van der Waals surface area (Å²) >= 11 is 0. The van der Waals surface area contributed by atoms with Crippen LogP contribution in [0.5, 0.6) is 5.75 Å². The van der Waals surface area contributed by atoms with Crippen molar-refractivity contribution < 1.29 is 14.3 Å². The minimum absolute atomic E-state index is 0.0510. The summed E-state index contributed by atoms with van der Waals surface area (Å²) in [6.07, 6.45) is 0.0510. The maximum Gasteiger partial charge on any atom is 0.278 e. The first-order valence-corrected chi connectivity index (χ1v) is 10.7. The van der Waals surface area contributed by atoms with Crippen LogP contribution in [0.1, 0.15) is 30.5 Å². The smallest absolute Gasteiger partial charge is 0.278 e. The van der Waals surface area contributed by atoms with Crippen LogP contribution in [0.15, 0.2) is 84.6 Å². The topological polar surface area (TPSA) is 58.6 Å². The highest BCUT2D eigenvalue weighted by Crippen LogP contribution is 2.32. The predicted molar refractivity (Wildman–Crippen MR) is 126 cm³/mol. The Morgan fingerprint density at radius 2 is 1.50 bits per heavy atom. The van der Waals surface area contributed by atoms with Crippen LogP contribution in [0.2, 0.25) is 0 Å². The van der Waals surface area contributed by atoms with E-state index >= 15 is 0 Å². The number of para-hydroxylation sites is 1. The number of rotatable bonds is 7. The highest BCUT2D eigenvalue weighted by Gasteiger charge is 2.39. The number of nitrogens with one attached hydrogen (secondary N) is 1. The van der Waals surface area contributed by atoms with Crippen molar-refractivity contribution in [2.24, 2.45) is 0 Å². The Hall–Kier alpha value is -3.86. The molecular weight excluding hydrogens is 400 g/mol. The summed E-state index contributed by atoms with van der Waals surface area (Å²) < 4.78 is 5.72. The lowest BCUT2D eigenvalue weighted by atomic mass is 10.0. The average molecular weight is 427 g/mol. The van der Waals surface area contributed by atoms with Gasteiger partial charge in [0, 0.05) is 5.69 Å². The number of nitrogens with zero attached hydrogens (tertiary/aromatic N) is 1. The van der Waals surface area contributed by atoms with E-state index in [9.17, 15) is 9.59 Å². The van der Waals surface area contributed by atoms with Gasteiger partial charge in [0.1, 0.15) is 11.4 Å². The van der Waals surface area contributed by atoms with Crippen LogP contribution in [-0.4, -0.2) is 22.8 Å². The van der Waals surface area contributed by atoms with Gasteiger partial charge in [-0.25, -0.2) is 0 Å². The second-order valence-electron chi connectivity index (χ2n) is 8.11. The molecule has 0 saturated heterocycles. The number of carbonyl (C=O) groups excluding carboxylic acids is 2. The van der Waals surface area contributed by atoms with Crippen molar-refractivity contribution in [1.29, 1.82) is 0 Å². The van der Waals surface area contributed by atoms with Gasteiger partial charge < -0.3 is 10.1 Å². The molecule has 32 heavy (non-hydrogen) atoms. The zero-order chi connectivity index (χ0) is 22.7. The van der Waals surface area contributed by atoms with Gasteiger partial charge in [-0.2, -0.15) is 0 Å². The second-order valence-corrected chi connectivity index (χ2v) is 8.11. The number of ether oxygens (including phenoxy) is 1. The average Bonchev–Trinajstić information content (AvgIpc) is 3.00. The summed E-state index contributed by atoms with van der Waals surface area (Å²) in [7, 11) is 0. The number of imide groups is 1. The summed E-state index contributed by atoms with van der Waals surface area (Å²) in [4.78, 5) is 28.1. The molecule has 0 atom stereocenters. The maximum atomic E-state index is 13.4. The Balaban J connectivity index is 1.69. The van der Waals surface area contributed by atoms with Crippen LogP contribution in [0.25, 0.3) is 5.57 Å². The summed E-state index contributed by atoms with van der Waals surface area (Å²) in [5.74, 6) is 0.0682. The van der Waals surface area contributed by atoms with E-state index in [1.54, 1.807) is 0 Å². The van der Waals surface area contributed by atoms with Gasteiger partial charge in [0.05, 0.1) is 18.2 Å². The monoisotopic (exact) mass is 426 g/mol. The van der Waals surface area contributed by atoms with E-state index in [-0.39, 0.29) is 30.2 Å². The van der Waals surface area contributed by atoms with Crippen molar-refractivity contribution in [3.8, 4) is 5.75 Å². The fourth-order valence-corrected chi connectivity index (χ4v) is 3.62. The first kappa shape index (κ1) is 21.4. The summed E-state index contributed by atoms with van der Waals surface area (Å²) in [6, 6.07) is 24.5. The SMILES string of the molecule is Cc1ccc(CN2C(=O)C(Nc3ccccc3)=C(c3ccc(OC(C)C)cc3)C2=O)cc1. The first-order valence-electron chi connectivity index (χ1n) is 10.7. The van der Waals surface area contributed by atoms with Crippen LogP contribution in [0, 0.1) is 6.92 Å². The summed E-state index contributed by atoms with van der Waals surface area (Å²) in [5, 5.41) is 3.18. The van der Waals surface area contributed by atoms with Gasteiger partial charge in [0.25, 0.3) is 11.8 Å². The molecule has 4 rings (SSSR count). The molecule has 5 nitrogen and oxygen atoms in total. The van der Waals surface area contributed by atoms with E-state index in [1.807, 2.05) is 99.6 Å². The van der Waals surface area contributed by atoms with Crippen LogP contribution in [-0.2, 0) is 16.1 Å². The summed E-state index contributed by atoms with van der Waals surface area (Å²) in [6.45, 7) is 6.14. The van der Waals surface area contributed by atoms with Crippen LogP contribution >= 0.6 is 0 Å². The van der Waals surface area contributed by atoms with Crippen molar-refractivity contribution in [3.05, 3.63) is 101 Å². The molecule has 1 aliphatic rings. The molecule has 1 aliphatic heterocycles. The molecule has 0 saturated carbocycles. The number of amides is 2. The third-order valence-corrected chi connectivity index (χ3v) is 5.19. The molecule has 0 aliphatic carbocycles. The molecule has 0 bridgehead atoms. The molecule has 0 fully saturated rings. The third-order valence-electron chi connectivity index (χ3n) is 5.19. The Morgan fingerprint density at radius 1 is 0.844 bits per heavy atom. The molecule has 0 unspecified atom stereocenters. The van der Waals surface area contributed by atoms with Crippen LogP contribution < -0.4 is 10.1 Å². The van der Waals surface area contributed by atoms with Crippen LogP contribution in [0.4, 0.5) is 5.69 Å². The number of aryl methyl sites for hydroxylation is 1. The fraction of sp³-hybridized carbons (Fsp3) is 0.185. The largest absolute Gasteiger partial charge is 0.491 e. The molecule has 0 aromatic heterocycles. The molecule has 0 radical (unpaired) electrons. The third kappa shape index (κ3) is 4.57. The zero-order valence-corrected chi connectivity index (χ0v) is 18.5. The normalized spacial score (nSPS) is 13.8. The molecule has 0 spiro atoms. The maximum absolute atomic E-state index is 13.4. The molecule has 1 heterocycles. The Labute approximate surface area is 188 Å². The molecule has 2 amide bonds. The highest BCUT2D eigenvalue weighted by molar-refractivity contribution is 6.36. The number of carbonyl (C=O) groups is 2. The Morgan fingerprint density at radius 3 is 2.12 bits per heavy atom. The van der Waals surface area contributed by atoms with Gasteiger partial charge in [-0.05, 0) is 56.2 Å². The number of benzene rings is 3. The molecular formula is C27H26N2O3. The Bertz CT molecular complexity index is 1150. The van der Waals surface area contributed by atoms with E-state index in [2.05, 4.69) is 5.32 Å². The fourth-order valence-electron chi connectivity index (χ4n) is 3.62. The number of hydrogen-bond acceptors (Lipinski definition) is 4. The van der Waals surface area contributed by atoms with Gasteiger partial charge >= 0.3 is 0 Å². The highest BCUT2D eigenvalue weighted by atomic mass is 16.5. The zero-order valence-electron chi connectivity index (χ0n) is 18.5. The van der Waals surface area contributed by atoms with Gasteiger partial charge in [-0.15, -0.1) is 0 Å². The number of hydrogen-bond donors (Lipinski definition) is 1. The first-order chi connectivity index (χ1) is 15.4. The molecule has 5 heteroatoms. The van der Waals surface area contributed by atoms with Gasteiger partial charge in [-0.3, -0.25) is 14.5 Å². The molecule has 162 valence electrons. The lowest BCUT2D eigenvalue weighted by molar-refractivity contribution is -0.137. The van der Waals surface area contributed by atoms with E-state index in [0.717, 1.165) is 22.6 Å². The standard InChI is InChI=1S/C27H26N2O3/c1-18(2)32-23-15-13-21(14-16-23)24-25(28-22-7-5-4-6-8-22)27(31)29(26(24)30)17-20-11-9-19(3)10-12-20/h4-16,18,28H,17H2,1-3H3. The molecule has 3 aromatic carbocycles.